The van der Waals surface area contributed by atoms with Gasteiger partial charge in [-0.25, -0.2) is 9.78 Å². The Morgan fingerprint density at radius 1 is 1.07 bits per heavy atom. The monoisotopic (exact) mass is 392 g/mol. The zero-order chi connectivity index (χ0) is 20.6. The molecule has 1 aromatic heterocycles. The molecule has 7 heteroatoms. The predicted molar refractivity (Wildman–Crippen MR) is 111 cm³/mol. The van der Waals surface area contributed by atoms with Crippen molar-refractivity contribution in [3.05, 3.63) is 72.4 Å². The van der Waals surface area contributed by atoms with Crippen molar-refractivity contribution in [2.45, 2.75) is 19.4 Å². The van der Waals surface area contributed by atoms with Gasteiger partial charge in [0.1, 0.15) is 0 Å². The SMILES string of the molecule is CCOC(=O)CC(NC(=O)Nc1ncc(-c2ccccc2)n1C)c1ccccc1. The second kappa shape index (κ2) is 9.54. The molecule has 1 heterocycles. The van der Waals surface area contributed by atoms with Crippen LogP contribution in [-0.2, 0) is 16.6 Å². The molecule has 0 spiro atoms. The number of rotatable bonds is 7. The van der Waals surface area contributed by atoms with Gasteiger partial charge < -0.3 is 14.6 Å². The van der Waals surface area contributed by atoms with Gasteiger partial charge in [0.05, 0.1) is 31.0 Å². The third-order valence-electron chi connectivity index (χ3n) is 4.47. The number of imidazole rings is 1. The van der Waals surface area contributed by atoms with Gasteiger partial charge in [0.15, 0.2) is 0 Å². The number of anilines is 1. The summed E-state index contributed by atoms with van der Waals surface area (Å²) in [5, 5.41) is 5.60. The fourth-order valence-corrected chi connectivity index (χ4v) is 3.02. The fraction of sp³-hybridized carbons (Fsp3) is 0.227. The van der Waals surface area contributed by atoms with Gasteiger partial charge in [-0.1, -0.05) is 60.7 Å². The highest BCUT2D eigenvalue weighted by Crippen LogP contribution is 2.22. The Kier molecular flexibility index (Phi) is 6.63. The lowest BCUT2D eigenvalue weighted by Gasteiger charge is -2.19. The van der Waals surface area contributed by atoms with Crippen molar-refractivity contribution in [3.63, 3.8) is 0 Å². The fourth-order valence-electron chi connectivity index (χ4n) is 3.02. The Morgan fingerprint density at radius 2 is 1.72 bits per heavy atom. The Morgan fingerprint density at radius 3 is 2.38 bits per heavy atom. The van der Waals surface area contributed by atoms with Crippen LogP contribution in [0, 0.1) is 0 Å². The average molecular weight is 392 g/mol. The second-order valence-corrected chi connectivity index (χ2v) is 6.46. The first-order valence-corrected chi connectivity index (χ1v) is 9.43. The van der Waals surface area contributed by atoms with Gasteiger partial charge in [-0.05, 0) is 18.1 Å². The molecule has 0 fully saturated rings. The molecule has 2 amide bonds. The molecule has 0 bridgehead atoms. The number of benzene rings is 2. The first-order valence-electron chi connectivity index (χ1n) is 9.43. The lowest BCUT2D eigenvalue weighted by molar-refractivity contribution is -0.143. The van der Waals surface area contributed by atoms with E-state index in [1.807, 2.05) is 67.7 Å². The number of carbonyl (C=O) groups excluding carboxylic acids is 2. The van der Waals surface area contributed by atoms with Crippen LogP contribution in [0.3, 0.4) is 0 Å². The van der Waals surface area contributed by atoms with E-state index in [0.717, 1.165) is 16.8 Å². The number of nitrogens with zero attached hydrogens (tertiary/aromatic N) is 2. The van der Waals surface area contributed by atoms with Crippen molar-refractivity contribution >= 4 is 17.9 Å². The summed E-state index contributed by atoms with van der Waals surface area (Å²) in [5.74, 6) is 0.0364. The van der Waals surface area contributed by atoms with E-state index in [0.29, 0.717) is 12.6 Å². The summed E-state index contributed by atoms with van der Waals surface area (Å²) in [6.07, 6.45) is 1.75. The number of nitrogens with one attached hydrogen (secondary N) is 2. The van der Waals surface area contributed by atoms with E-state index >= 15 is 0 Å². The van der Waals surface area contributed by atoms with Crippen molar-refractivity contribution in [3.8, 4) is 11.3 Å². The lowest BCUT2D eigenvalue weighted by atomic mass is 10.0. The van der Waals surface area contributed by atoms with Crippen LogP contribution in [-0.4, -0.2) is 28.2 Å². The van der Waals surface area contributed by atoms with E-state index in [2.05, 4.69) is 15.6 Å². The summed E-state index contributed by atoms with van der Waals surface area (Å²) in [4.78, 5) is 28.9. The molecule has 7 nitrogen and oxygen atoms in total. The topological polar surface area (TPSA) is 85.2 Å². The zero-order valence-electron chi connectivity index (χ0n) is 16.5. The van der Waals surface area contributed by atoms with Crippen LogP contribution in [0.2, 0.25) is 0 Å². The molecule has 2 aromatic carbocycles. The average Bonchev–Trinajstić information content (AvgIpc) is 3.09. The highest BCUT2D eigenvalue weighted by atomic mass is 16.5. The van der Waals surface area contributed by atoms with E-state index in [4.69, 9.17) is 4.74 Å². The number of urea groups is 1. The number of ether oxygens (including phenoxy) is 1. The first kappa shape index (κ1) is 20.1. The Balaban J connectivity index is 1.72. The van der Waals surface area contributed by atoms with Gasteiger partial charge in [0, 0.05) is 7.05 Å². The van der Waals surface area contributed by atoms with E-state index in [-0.39, 0.29) is 12.4 Å². The maximum Gasteiger partial charge on any atom is 0.322 e. The highest BCUT2D eigenvalue weighted by molar-refractivity contribution is 5.88. The molecule has 0 saturated heterocycles. The van der Waals surface area contributed by atoms with Gasteiger partial charge in [-0.3, -0.25) is 10.1 Å². The summed E-state index contributed by atoms with van der Waals surface area (Å²) in [6, 6.07) is 18.2. The molecule has 150 valence electrons. The predicted octanol–water partition coefficient (Wildman–Crippen LogP) is 3.90. The Hall–Kier alpha value is -3.61. The van der Waals surface area contributed by atoms with Crippen LogP contribution in [0.15, 0.2) is 66.9 Å². The molecular weight excluding hydrogens is 368 g/mol. The molecule has 3 aromatic rings. The van der Waals surface area contributed by atoms with Crippen LogP contribution in [0.4, 0.5) is 10.7 Å². The van der Waals surface area contributed by atoms with Gasteiger partial charge >= 0.3 is 12.0 Å². The van der Waals surface area contributed by atoms with E-state index in [1.54, 1.807) is 17.7 Å². The molecule has 0 radical (unpaired) electrons. The van der Waals surface area contributed by atoms with Crippen LogP contribution in [0.25, 0.3) is 11.3 Å². The number of carbonyl (C=O) groups is 2. The maximum atomic E-state index is 12.6. The highest BCUT2D eigenvalue weighted by Gasteiger charge is 2.20. The van der Waals surface area contributed by atoms with Crippen molar-refractivity contribution in [1.82, 2.24) is 14.9 Å². The third kappa shape index (κ3) is 5.22. The molecule has 0 aliphatic carbocycles. The van der Waals surface area contributed by atoms with E-state index in [9.17, 15) is 9.59 Å². The van der Waals surface area contributed by atoms with Gasteiger partial charge in [-0.15, -0.1) is 0 Å². The third-order valence-corrected chi connectivity index (χ3v) is 4.47. The summed E-state index contributed by atoms with van der Waals surface area (Å²) in [5.41, 5.74) is 2.70. The number of esters is 1. The first-order chi connectivity index (χ1) is 14.1. The molecule has 1 atom stereocenters. The summed E-state index contributed by atoms with van der Waals surface area (Å²) >= 11 is 0. The van der Waals surface area contributed by atoms with E-state index < -0.39 is 12.1 Å². The number of aromatic nitrogens is 2. The molecule has 3 rings (SSSR count). The summed E-state index contributed by atoms with van der Waals surface area (Å²) < 4.78 is 6.84. The van der Waals surface area contributed by atoms with Crippen LogP contribution in [0.5, 0.6) is 0 Å². The minimum absolute atomic E-state index is 0.0428. The van der Waals surface area contributed by atoms with Crippen molar-refractivity contribution in [1.29, 1.82) is 0 Å². The Labute approximate surface area is 169 Å². The quantitative estimate of drug-likeness (QED) is 0.597. The smallest absolute Gasteiger partial charge is 0.322 e. The second-order valence-electron chi connectivity index (χ2n) is 6.46. The number of hydrogen-bond acceptors (Lipinski definition) is 4. The standard InChI is InChI=1S/C22H24N4O3/c1-3-29-20(27)14-18(16-10-6-4-7-11-16)24-22(28)25-21-23-15-19(26(21)2)17-12-8-5-9-13-17/h4-13,15,18H,3,14H2,1-2H3,(H2,23,24,25,28). The lowest BCUT2D eigenvalue weighted by Crippen LogP contribution is -2.34. The Bertz CT molecular complexity index is 955. The summed E-state index contributed by atoms with van der Waals surface area (Å²) in [7, 11) is 1.83. The largest absolute Gasteiger partial charge is 0.466 e. The molecular formula is C22H24N4O3. The number of hydrogen-bond donors (Lipinski definition) is 2. The molecule has 0 aliphatic rings. The van der Waals surface area contributed by atoms with Crippen LogP contribution < -0.4 is 10.6 Å². The van der Waals surface area contributed by atoms with Crippen molar-refractivity contribution < 1.29 is 14.3 Å². The van der Waals surface area contributed by atoms with Crippen LogP contribution in [0.1, 0.15) is 24.9 Å². The minimum Gasteiger partial charge on any atom is -0.466 e. The van der Waals surface area contributed by atoms with Crippen molar-refractivity contribution in [2.75, 3.05) is 11.9 Å². The molecule has 1 unspecified atom stereocenters. The van der Waals surface area contributed by atoms with Crippen molar-refractivity contribution in [2.24, 2.45) is 7.05 Å². The molecule has 2 N–H and O–H groups in total. The van der Waals surface area contributed by atoms with Gasteiger partial charge in [-0.2, -0.15) is 0 Å². The molecule has 29 heavy (non-hydrogen) atoms. The normalized spacial score (nSPS) is 11.5. The van der Waals surface area contributed by atoms with Gasteiger partial charge in [0.25, 0.3) is 0 Å². The number of amides is 2. The van der Waals surface area contributed by atoms with Gasteiger partial charge in [0.2, 0.25) is 5.95 Å². The minimum atomic E-state index is -0.510. The molecule has 0 aliphatic heterocycles. The summed E-state index contributed by atoms with van der Waals surface area (Å²) in [6.45, 7) is 2.04. The van der Waals surface area contributed by atoms with Crippen LogP contribution >= 0.6 is 0 Å². The zero-order valence-corrected chi connectivity index (χ0v) is 16.5. The molecule has 0 saturated carbocycles. The maximum absolute atomic E-state index is 12.6. The van der Waals surface area contributed by atoms with E-state index in [1.165, 1.54) is 0 Å².